The number of carbonyl (C=O) groups excluding carboxylic acids is 3. The van der Waals surface area contributed by atoms with Crippen molar-refractivity contribution in [2.24, 2.45) is 17.8 Å². The number of hydrogen-bond acceptors (Lipinski definition) is 5. The van der Waals surface area contributed by atoms with Crippen LogP contribution in [0.15, 0.2) is 72.8 Å². The quantitative estimate of drug-likeness (QED) is 0.306. The summed E-state index contributed by atoms with van der Waals surface area (Å²) in [4.78, 5) is 42.6. The number of ether oxygens (including phenoxy) is 2. The van der Waals surface area contributed by atoms with Crippen molar-refractivity contribution in [1.82, 2.24) is 0 Å². The van der Waals surface area contributed by atoms with Crippen molar-refractivity contribution in [3.05, 3.63) is 95.1 Å². The lowest BCUT2D eigenvalue weighted by Gasteiger charge is -2.38. The number of fused-ring (bicyclic) bond motifs is 5. The fourth-order valence-electron chi connectivity index (χ4n) is 5.87. The maximum atomic E-state index is 14.0. The molecule has 0 spiro atoms. The molecule has 3 aromatic carbocycles. The van der Waals surface area contributed by atoms with E-state index in [1.165, 1.54) is 4.90 Å². The first-order chi connectivity index (χ1) is 17.4. The van der Waals surface area contributed by atoms with Gasteiger partial charge in [0.05, 0.1) is 30.6 Å². The van der Waals surface area contributed by atoms with Gasteiger partial charge < -0.3 is 9.47 Å². The molecule has 6 nitrogen and oxygen atoms in total. The van der Waals surface area contributed by atoms with Gasteiger partial charge in [-0.25, -0.2) is 4.90 Å². The summed E-state index contributed by atoms with van der Waals surface area (Å²) >= 11 is 0. The molecule has 4 atom stereocenters. The number of nitrogens with zero attached hydrogens (tertiary/aromatic N) is 1. The summed E-state index contributed by atoms with van der Waals surface area (Å²) in [5.74, 6) is -2.77. The predicted octanol–water partition coefficient (Wildman–Crippen LogP) is 4.83. The lowest BCUT2D eigenvalue weighted by molar-refractivity contribution is -0.142. The summed E-state index contributed by atoms with van der Waals surface area (Å²) < 4.78 is 11.1. The van der Waals surface area contributed by atoms with Crippen molar-refractivity contribution < 1.29 is 23.9 Å². The first-order valence-electron chi connectivity index (χ1n) is 12.0. The topological polar surface area (TPSA) is 72.9 Å². The van der Waals surface area contributed by atoms with E-state index in [9.17, 15) is 14.4 Å². The number of imide groups is 1. The minimum atomic E-state index is -0.855. The number of allylic oxidation sites excluding steroid dienone is 1. The van der Waals surface area contributed by atoms with Crippen molar-refractivity contribution in [3.63, 3.8) is 0 Å². The van der Waals surface area contributed by atoms with Crippen LogP contribution in [0, 0.1) is 31.6 Å². The molecule has 3 aromatic rings. The Morgan fingerprint density at radius 3 is 2.31 bits per heavy atom. The molecule has 6 rings (SSSR count). The van der Waals surface area contributed by atoms with Gasteiger partial charge in [-0.2, -0.15) is 0 Å². The second-order valence-corrected chi connectivity index (χ2v) is 9.67. The van der Waals surface area contributed by atoms with E-state index in [4.69, 9.17) is 9.47 Å². The highest BCUT2D eigenvalue weighted by Gasteiger charge is 2.60. The molecular formula is C30H25NO5. The van der Waals surface area contributed by atoms with Crippen LogP contribution >= 0.6 is 0 Å². The number of para-hydroxylation sites is 1. The molecule has 2 amide bonds. The number of aryl methyl sites for hydroxylation is 2. The van der Waals surface area contributed by atoms with Gasteiger partial charge in [-0.3, -0.25) is 14.4 Å². The van der Waals surface area contributed by atoms with Crippen LogP contribution in [0.2, 0.25) is 0 Å². The Morgan fingerprint density at radius 1 is 0.861 bits per heavy atom. The average molecular weight is 480 g/mol. The number of amides is 2. The lowest BCUT2D eigenvalue weighted by Crippen LogP contribution is -2.42. The third-order valence-electron chi connectivity index (χ3n) is 7.61. The Bertz CT molecular complexity index is 1450. The molecule has 6 heteroatoms. The van der Waals surface area contributed by atoms with Gasteiger partial charge in [-0.15, -0.1) is 0 Å². The van der Waals surface area contributed by atoms with Gasteiger partial charge in [0.2, 0.25) is 11.8 Å². The van der Waals surface area contributed by atoms with E-state index in [2.05, 4.69) is 0 Å². The molecule has 1 fully saturated rings. The second kappa shape index (κ2) is 8.19. The van der Waals surface area contributed by atoms with Crippen LogP contribution in [-0.2, 0) is 14.4 Å². The first kappa shape index (κ1) is 22.3. The Morgan fingerprint density at radius 2 is 1.58 bits per heavy atom. The zero-order valence-electron chi connectivity index (χ0n) is 20.2. The minimum absolute atomic E-state index is 0.294. The zero-order valence-corrected chi connectivity index (χ0v) is 20.2. The fraction of sp³-hybridized carbons (Fsp3) is 0.233. The van der Waals surface area contributed by atoms with Gasteiger partial charge in [0, 0.05) is 11.5 Å². The van der Waals surface area contributed by atoms with Gasteiger partial charge in [-0.05, 0) is 60.4 Å². The van der Waals surface area contributed by atoms with Crippen molar-refractivity contribution in [2.45, 2.75) is 19.8 Å². The highest BCUT2D eigenvalue weighted by molar-refractivity contribution is 6.24. The highest BCUT2D eigenvalue weighted by atomic mass is 16.5. The van der Waals surface area contributed by atoms with Gasteiger partial charge >= 0.3 is 5.97 Å². The standard InChI is InChI=1S/C30H25NO5/c1-16-8-13-20-22-15-21(18-9-11-19(35-3)12-10-18)25-27(26(22)30(34)36-24(20)14-16)29(33)31(28(25)32)23-7-5-4-6-17(23)2/h4-15,21,25-27H,1-3H3/t21-,25+,26-,27+/m0/s1. The molecular weight excluding hydrogens is 454 g/mol. The Labute approximate surface area is 209 Å². The smallest absolute Gasteiger partial charge is 0.319 e. The molecule has 0 radical (unpaired) electrons. The second-order valence-electron chi connectivity index (χ2n) is 9.67. The van der Waals surface area contributed by atoms with Gasteiger partial charge in [0.1, 0.15) is 11.5 Å². The van der Waals surface area contributed by atoms with Crippen molar-refractivity contribution in [3.8, 4) is 11.5 Å². The van der Waals surface area contributed by atoms with E-state index in [1.807, 2.05) is 80.6 Å². The number of benzene rings is 3. The van der Waals surface area contributed by atoms with E-state index in [0.29, 0.717) is 17.2 Å². The number of anilines is 1. The highest BCUT2D eigenvalue weighted by Crippen LogP contribution is 2.55. The Hall–Kier alpha value is -4.19. The first-order valence-corrected chi connectivity index (χ1v) is 12.0. The molecule has 0 aromatic heterocycles. The molecule has 1 saturated heterocycles. The third kappa shape index (κ3) is 3.21. The van der Waals surface area contributed by atoms with Crippen LogP contribution < -0.4 is 14.4 Å². The summed E-state index contributed by atoms with van der Waals surface area (Å²) in [7, 11) is 1.60. The average Bonchev–Trinajstić information content (AvgIpc) is 3.13. The van der Waals surface area contributed by atoms with Crippen LogP contribution in [0.1, 0.15) is 28.2 Å². The monoisotopic (exact) mass is 479 g/mol. The molecule has 1 aliphatic carbocycles. The number of esters is 1. The van der Waals surface area contributed by atoms with Crippen LogP contribution in [0.4, 0.5) is 5.69 Å². The maximum absolute atomic E-state index is 14.0. The number of rotatable bonds is 3. The molecule has 0 bridgehead atoms. The molecule has 2 heterocycles. The number of carbonyl (C=O) groups is 3. The van der Waals surface area contributed by atoms with E-state index in [0.717, 1.165) is 27.8 Å². The minimum Gasteiger partial charge on any atom is -0.497 e. The van der Waals surface area contributed by atoms with Crippen LogP contribution in [0.5, 0.6) is 11.5 Å². The van der Waals surface area contributed by atoms with Gasteiger partial charge in [-0.1, -0.05) is 48.5 Å². The van der Waals surface area contributed by atoms with E-state index in [1.54, 1.807) is 13.2 Å². The fourth-order valence-corrected chi connectivity index (χ4v) is 5.87. The summed E-state index contributed by atoms with van der Waals surface area (Å²) in [5.41, 5.74) is 4.76. The van der Waals surface area contributed by atoms with E-state index < -0.39 is 29.6 Å². The molecule has 180 valence electrons. The van der Waals surface area contributed by atoms with Crippen LogP contribution in [0.25, 0.3) is 5.57 Å². The van der Waals surface area contributed by atoms with Gasteiger partial charge in [0.25, 0.3) is 0 Å². The molecule has 2 aliphatic heterocycles. The largest absolute Gasteiger partial charge is 0.497 e. The summed E-state index contributed by atoms with van der Waals surface area (Å²) in [6.07, 6.45) is 1.99. The lowest BCUT2D eigenvalue weighted by atomic mass is 9.64. The Kier molecular flexibility index (Phi) is 5.07. The maximum Gasteiger partial charge on any atom is 0.319 e. The van der Waals surface area contributed by atoms with Gasteiger partial charge in [0.15, 0.2) is 0 Å². The van der Waals surface area contributed by atoms with E-state index in [-0.39, 0.29) is 11.8 Å². The van der Waals surface area contributed by atoms with Crippen LogP contribution in [0.3, 0.4) is 0 Å². The van der Waals surface area contributed by atoms with E-state index >= 15 is 0 Å². The molecule has 0 saturated carbocycles. The molecule has 0 unspecified atom stereocenters. The van der Waals surface area contributed by atoms with Crippen LogP contribution in [-0.4, -0.2) is 24.9 Å². The molecule has 3 aliphatic rings. The molecule has 0 N–H and O–H groups in total. The third-order valence-corrected chi connectivity index (χ3v) is 7.61. The summed E-state index contributed by atoms with van der Waals surface area (Å²) in [6.45, 7) is 3.81. The normalized spacial score (nSPS) is 24.5. The SMILES string of the molecule is COc1ccc([C@@H]2C=C3c4ccc(C)cc4OC(=O)[C@@H]3[C@@H]3C(=O)N(c4ccccc4C)C(=O)[C@@H]32)cc1. The van der Waals surface area contributed by atoms with Crippen molar-refractivity contribution >= 4 is 29.0 Å². The van der Waals surface area contributed by atoms with Crippen molar-refractivity contribution in [1.29, 1.82) is 0 Å². The Balaban J connectivity index is 1.55. The summed E-state index contributed by atoms with van der Waals surface area (Å²) in [5, 5.41) is 0. The number of hydrogen-bond donors (Lipinski definition) is 0. The summed E-state index contributed by atoms with van der Waals surface area (Å²) in [6, 6.07) is 20.6. The van der Waals surface area contributed by atoms with Crippen molar-refractivity contribution in [2.75, 3.05) is 12.0 Å². The number of methoxy groups -OCH3 is 1. The zero-order chi connectivity index (χ0) is 25.1. The predicted molar refractivity (Wildman–Crippen MR) is 135 cm³/mol. The molecule has 36 heavy (non-hydrogen) atoms.